The lowest BCUT2D eigenvalue weighted by atomic mass is 9.96. The summed E-state index contributed by atoms with van der Waals surface area (Å²) in [7, 11) is 0. The van der Waals surface area contributed by atoms with Gasteiger partial charge >= 0.3 is 0 Å². The van der Waals surface area contributed by atoms with Gasteiger partial charge in [0.05, 0.1) is 0 Å². The number of halogens is 1. The molecule has 1 saturated heterocycles. The quantitative estimate of drug-likeness (QED) is 0.782. The van der Waals surface area contributed by atoms with Crippen molar-refractivity contribution in [3.63, 3.8) is 0 Å². The van der Waals surface area contributed by atoms with Crippen LogP contribution in [0.2, 0.25) is 0 Å². The number of rotatable bonds is 7. The maximum atomic E-state index is 13.5. The average molecular weight is 324 g/mol. The van der Waals surface area contributed by atoms with Gasteiger partial charge < -0.3 is 10.2 Å². The minimum absolute atomic E-state index is 0.200. The van der Waals surface area contributed by atoms with Crippen LogP contribution >= 0.6 is 11.8 Å². The summed E-state index contributed by atoms with van der Waals surface area (Å²) in [6.45, 7) is 5.90. The van der Waals surface area contributed by atoms with E-state index >= 15 is 0 Å². The Morgan fingerprint density at radius 1 is 1.36 bits per heavy atom. The van der Waals surface area contributed by atoms with Gasteiger partial charge in [0.1, 0.15) is 5.82 Å². The third-order valence-electron chi connectivity index (χ3n) is 4.06. The summed E-state index contributed by atoms with van der Waals surface area (Å²) in [6.07, 6.45) is 2.65. The fraction of sp³-hybridized carbons (Fsp3) is 0.588. The number of nitrogens with zero attached hydrogens (tertiary/aromatic N) is 1. The van der Waals surface area contributed by atoms with E-state index in [1.54, 1.807) is 12.1 Å². The van der Waals surface area contributed by atoms with Crippen LogP contribution in [-0.4, -0.2) is 42.7 Å². The second-order valence-corrected chi connectivity index (χ2v) is 6.80. The third kappa shape index (κ3) is 5.29. The first-order valence-electron chi connectivity index (χ1n) is 8.06. The van der Waals surface area contributed by atoms with Crippen molar-refractivity contribution in [2.24, 2.45) is 5.92 Å². The number of carbonyl (C=O) groups is 1. The fourth-order valence-corrected chi connectivity index (χ4v) is 3.58. The molecule has 22 heavy (non-hydrogen) atoms. The lowest BCUT2D eigenvalue weighted by Crippen LogP contribution is -2.40. The summed E-state index contributed by atoms with van der Waals surface area (Å²) in [5.74, 6) is 1.32. The van der Waals surface area contributed by atoms with Crippen molar-refractivity contribution in [1.29, 1.82) is 0 Å². The van der Waals surface area contributed by atoms with Gasteiger partial charge in [0.15, 0.2) is 0 Å². The smallest absolute Gasteiger partial charge is 0.223 e. The highest BCUT2D eigenvalue weighted by Crippen LogP contribution is 2.23. The van der Waals surface area contributed by atoms with Gasteiger partial charge in [-0.2, -0.15) is 0 Å². The number of piperidine rings is 1. The Morgan fingerprint density at radius 3 is 2.77 bits per heavy atom. The molecular formula is C17H25FN2OS. The van der Waals surface area contributed by atoms with Crippen molar-refractivity contribution in [2.75, 3.05) is 31.9 Å². The van der Waals surface area contributed by atoms with Crippen LogP contribution in [0.3, 0.4) is 0 Å². The van der Waals surface area contributed by atoms with Crippen LogP contribution in [0.1, 0.15) is 26.2 Å². The Bertz CT molecular complexity index is 475. The van der Waals surface area contributed by atoms with Gasteiger partial charge in [-0.1, -0.05) is 19.1 Å². The molecule has 0 spiro atoms. The second kappa shape index (κ2) is 9.16. The maximum Gasteiger partial charge on any atom is 0.223 e. The Labute approximate surface area is 136 Å². The Morgan fingerprint density at radius 2 is 2.09 bits per heavy atom. The van der Waals surface area contributed by atoms with Gasteiger partial charge in [-0.25, -0.2) is 4.39 Å². The summed E-state index contributed by atoms with van der Waals surface area (Å²) < 4.78 is 13.5. The molecule has 0 bridgehead atoms. The highest BCUT2D eigenvalue weighted by molar-refractivity contribution is 7.99. The molecule has 5 heteroatoms. The number of amides is 1. The Kier molecular flexibility index (Phi) is 7.19. The predicted octanol–water partition coefficient (Wildman–Crippen LogP) is 3.16. The molecule has 3 nitrogen and oxygen atoms in total. The first-order chi connectivity index (χ1) is 10.7. The molecule has 0 unspecified atom stereocenters. The van der Waals surface area contributed by atoms with Gasteiger partial charge in [0, 0.05) is 30.2 Å². The number of likely N-dealkylation sites (tertiary alicyclic amines) is 1. The van der Waals surface area contributed by atoms with E-state index in [1.807, 2.05) is 11.0 Å². The zero-order chi connectivity index (χ0) is 15.8. The molecule has 0 saturated carbocycles. The van der Waals surface area contributed by atoms with E-state index < -0.39 is 0 Å². The predicted molar refractivity (Wildman–Crippen MR) is 89.6 cm³/mol. The molecule has 1 aromatic rings. The van der Waals surface area contributed by atoms with E-state index in [9.17, 15) is 9.18 Å². The van der Waals surface area contributed by atoms with Gasteiger partial charge in [-0.05, 0) is 44.0 Å². The van der Waals surface area contributed by atoms with Crippen LogP contribution in [0.25, 0.3) is 0 Å². The zero-order valence-corrected chi connectivity index (χ0v) is 14.0. The van der Waals surface area contributed by atoms with Crippen LogP contribution in [0.15, 0.2) is 29.2 Å². The summed E-state index contributed by atoms with van der Waals surface area (Å²) in [5, 5.41) is 3.38. The van der Waals surface area contributed by atoms with E-state index in [-0.39, 0.29) is 11.7 Å². The number of nitrogens with one attached hydrogen (secondary N) is 1. The van der Waals surface area contributed by atoms with Crippen LogP contribution in [0, 0.1) is 11.7 Å². The molecule has 0 aromatic heterocycles. The van der Waals surface area contributed by atoms with E-state index in [1.165, 1.54) is 17.8 Å². The Hall–Kier alpha value is -1.07. The molecule has 0 atom stereocenters. The van der Waals surface area contributed by atoms with Crippen molar-refractivity contribution < 1.29 is 9.18 Å². The summed E-state index contributed by atoms with van der Waals surface area (Å²) in [5.41, 5.74) is 0. The van der Waals surface area contributed by atoms with Crippen molar-refractivity contribution in [2.45, 2.75) is 31.1 Å². The zero-order valence-electron chi connectivity index (χ0n) is 13.2. The summed E-state index contributed by atoms with van der Waals surface area (Å²) >= 11 is 1.42. The number of hydrogen-bond acceptors (Lipinski definition) is 3. The largest absolute Gasteiger partial charge is 0.343 e. The normalized spacial score (nSPS) is 16.0. The lowest BCUT2D eigenvalue weighted by Gasteiger charge is -2.32. The van der Waals surface area contributed by atoms with Gasteiger partial charge in [0.2, 0.25) is 5.91 Å². The number of thioether (sulfide) groups is 1. The molecule has 1 aliphatic rings. The van der Waals surface area contributed by atoms with Gasteiger partial charge in [-0.15, -0.1) is 11.8 Å². The van der Waals surface area contributed by atoms with E-state index in [4.69, 9.17) is 0 Å². The second-order valence-electron chi connectivity index (χ2n) is 5.66. The van der Waals surface area contributed by atoms with Crippen molar-refractivity contribution >= 4 is 17.7 Å². The molecule has 2 rings (SSSR count). The van der Waals surface area contributed by atoms with E-state index in [0.29, 0.717) is 23.0 Å². The minimum atomic E-state index is -0.204. The van der Waals surface area contributed by atoms with Crippen molar-refractivity contribution in [3.8, 4) is 0 Å². The van der Waals surface area contributed by atoms with Gasteiger partial charge in [0.25, 0.3) is 0 Å². The topological polar surface area (TPSA) is 32.3 Å². The first kappa shape index (κ1) is 17.3. The SMILES string of the molecule is CCNCC1CCN(C(=O)CCSc2ccccc2F)CC1. The maximum absolute atomic E-state index is 13.5. The highest BCUT2D eigenvalue weighted by Gasteiger charge is 2.22. The molecule has 1 aromatic carbocycles. The van der Waals surface area contributed by atoms with Crippen LogP contribution in [0.4, 0.5) is 4.39 Å². The van der Waals surface area contributed by atoms with Crippen LogP contribution in [0.5, 0.6) is 0 Å². The summed E-state index contributed by atoms with van der Waals surface area (Å²) in [6, 6.07) is 6.72. The molecule has 122 valence electrons. The number of carbonyl (C=O) groups excluding carboxylic acids is 1. The summed E-state index contributed by atoms with van der Waals surface area (Å²) in [4.78, 5) is 14.8. The molecule has 0 radical (unpaired) electrons. The standard InChI is InChI=1S/C17H25FN2OS/c1-2-19-13-14-7-10-20(11-8-14)17(21)9-12-22-16-6-4-3-5-15(16)18/h3-6,14,19H,2,7-13H2,1H3. The van der Waals surface area contributed by atoms with Crippen molar-refractivity contribution in [1.82, 2.24) is 10.2 Å². The van der Waals surface area contributed by atoms with Crippen LogP contribution < -0.4 is 5.32 Å². The van der Waals surface area contributed by atoms with Crippen LogP contribution in [-0.2, 0) is 4.79 Å². The lowest BCUT2D eigenvalue weighted by molar-refractivity contribution is -0.132. The monoisotopic (exact) mass is 324 g/mol. The first-order valence-corrected chi connectivity index (χ1v) is 9.05. The molecule has 1 aliphatic heterocycles. The van der Waals surface area contributed by atoms with Gasteiger partial charge in [-0.3, -0.25) is 4.79 Å². The third-order valence-corrected chi connectivity index (χ3v) is 5.11. The molecule has 1 amide bonds. The Balaban J connectivity index is 1.67. The highest BCUT2D eigenvalue weighted by atomic mass is 32.2. The van der Waals surface area contributed by atoms with E-state index in [0.717, 1.165) is 39.0 Å². The average Bonchev–Trinajstić information content (AvgIpc) is 2.55. The molecule has 1 heterocycles. The molecule has 0 aliphatic carbocycles. The molecule has 1 fully saturated rings. The van der Waals surface area contributed by atoms with Crippen molar-refractivity contribution in [3.05, 3.63) is 30.1 Å². The minimum Gasteiger partial charge on any atom is -0.343 e. The fourth-order valence-electron chi connectivity index (χ4n) is 2.70. The number of hydrogen-bond donors (Lipinski definition) is 1. The number of benzene rings is 1. The molecular weight excluding hydrogens is 299 g/mol. The molecule has 1 N–H and O–H groups in total. The van der Waals surface area contributed by atoms with E-state index in [2.05, 4.69) is 12.2 Å².